The average Bonchev–Trinajstić information content (AvgIpc) is 2.90. The Labute approximate surface area is 104 Å². The number of hydrogen-bond donors (Lipinski definition) is 1. The van der Waals surface area contributed by atoms with E-state index in [-0.39, 0.29) is 0 Å². The minimum absolute atomic E-state index is 0.406. The van der Waals surface area contributed by atoms with Gasteiger partial charge in [-0.25, -0.2) is 0 Å². The summed E-state index contributed by atoms with van der Waals surface area (Å²) in [5.41, 5.74) is 2.86. The second-order valence-electron chi connectivity index (χ2n) is 4.84. The van der Waals surface area contributed by atoms with E-state index < -0.39 is 0 Å². The van der Waals surface area contributed by atoms with Crippen LogP contribution in [0.15, 0.2) is 24.3 Å². The average molecular weight is 233 g/mol. The maximum absolute atomic E-state index is 5.70. The summed E-state index contributed by atoms with van der Waals surface area (Å²) in [5.74, 6) is 0. The third-order valence-corrected chi connectivity index (χ3v) is 3.64. The monoisotopic (exact) mass is 233 g/mol. The number of aryl methyl sites for hydroxylation is 1. The van der Waals surface area contributed by atoms with E-state index in [0.717, 1.165) is 19.6 Å². The summed E-state index contributed by atoms with van der Waals surface area (Å²) in [7, 11) is 0. The highest BCUT2D eigenvalue weighted by Gasteiger charge is 2.21. The third kappa shape index (κ3) is 3.30. The van der Waals surface area contributed by atoms with Crippen molar-refractivity contribution in [3.05, 3.63) is 35.4 Å². The van der Waals surface area contributed by atoms with Crippen LogP contribution >= 0.6 is 0 Å². The Hall–Kier alpha value is -0.860. The van der Waals surface area contributed by atoms with Crippen LogP contribution in [0.5, 0.6) is 0 Å². The van der Waals surface area contributed by atoms with Gasteiger partial charge in [-0.15, -0.1) is 0 Å². The van der Waals surface area contributed by atoms with Crippen LogP contribution in [0, 0.1) is 0 Å². The second-order valence-corrected chi connectivity index (χ2v) is 4.84. The van der Waals surface area contributed by atoms with Crippen molar-refractivity contribution in [2.75, 3.05) is 6.61 Å². The molecule has 2 nitrogen and oxygen atoms in total. The predicted octanol–water partition coefficient (Wildman–Crippen LogP) is 2.91. The molecular weight excluding hydrogens is 210 g/mol. The van der Waals surface area contributed by atoms with Crippen molar-refractivity contribution in [1.82, 2.24) is 5.32 Å². The smallest absolute Gasteiger partial charge is 0.0726 e. The minimum atomic E-state index is 0.406. The standard InChI is InChI=1S/C15H23NO/c1-3-13-7-4-5-8-14(13)11-16-12(2)15-9-6-10-17-15/h4-5,7-8,12,15-16H,3,6,9-11H2,1-2H3. The summed E-state index contributed by atoms with van der Waals surface area (Å²) in [6.45, 7) is 6.32. The van der Waals surface area contributed by atoms with Crippen LogP contribution in [-0.4, -0.2) is 18.8 Å². The van der Waals surface area contributed by atoms with Crippen molar-refractivity contribution in [2.24, 2.45) is 0 Å². The van der Waals surface area contributed by atoms with E-state index in [4.69, 9.17) is 4.74 Å². The molecule has 1 fully saturated rings. The summed E-state index contributed by atoms with van der Waals surface area (Å²) in [6, 6.07) is 9.11. The first-order valence-electron chi connectivity index (χ1n) is 6.73. The summed E-state index contributed by atoms with van der Waals surface area (Å²) < 4.78 is 5.70. The van der Waals surface area contributed by atoms with E-state index in [0.29, 0.717) is 12.1 Å². The van der Waals surface area contributed by atoms with Gasteiger partial charge >= 0.3 is 0 Å². The second kappa shape index (κ2) is 6.18. The van der Waals surface area contributed by atoms with Crippen LogP contribution in [0.25, 0.3) is 0 Å². The number of ether oxygens (including phenoxy) is 1. The summed E-state index contributed by atoms with van der Waals surface area (Å²) in [4.78, 5) is 0. The van der Waals surface area contributed by atoms with E-state index in [9.17, 15) is 0 Å². The molecule has 2 unspecified atom stereocenters. The molecule has 94 valence electrons. The molecule has 0 aliphatic carbocycles. The highest BCUT2D eigenvalue weighted by Crippen LogP contribution is 2.16. The molecule has 1 heterocycles. The lowest BCUT2D eigenvalue weighted by Gasteiger charge is -2.20. The SMILES string of the molecule is CCc1ccccc1CNC(C)C1CCCO1. The fourth-order valence-electron chi connectivity index (χ4n) is 2.47. The molecule has 1 aliphatic rings. The zero-order valence-electron chi connectivity index (χ0n) is 10.9. The Balaban J connectivity index is 1.88. The number of rotatable bonds is 5. The highest BCUT2D eigenvalue weighted by molar-refractivity contribution is 5.26. The van der Waals surface area contributed by atoms with Crippen molar-refractivity contribution in [1.29, 1.82) is 0 Å². The Bertz CT molecular complexity index is 345. The van der Waals surface area contributed by atoms with Gasteiger partial charge in [0.2, 0.25) is 0 Å². The molecule has 0 aromatic heterocycles. The number of hydrogen-bond acceptors (Lipinski definition) is 2. The van der Waals surface area contributed by atoms with Crippen LogP contribution in [0.1, 0.15) is 37.8 Å². The number of benzene rings is 1. The van der Waals surface area contributed by atoms with Crippen molar-refractivity contribution < 1.29 is 4.74 Å². The summed E-state index contributed by atoms with van der Waals surface area (Å²) in [5, 5.41) is 3.59. The summed E-state index contributed by atoms with van der Waals surface area (Å²) >= 11 is 0. The van der Waals surface area contributed by atoms with Gasteiger partial charge in [0.25, 0.3) is 0 Å². The molecule has 0 saturated carbocycles. The lowest BCUT2D eigenvalue weighted by atomic mass is 10.0. The largest absolute Gasteiger partial charge is 0.377 e. The first kappa shape index (κ1) is 12.6. The Kier molecular flexibility index (Phi) is 4.57. The van der Waals surface area contributed by atoms with E-state index in [1.165, 1.54) is 24.0 Å². The molecule has 1 saturated heterocycles. The van der Waals surface area contributed by atoms with Gasteiger partial charge < -0.3 is 10.1 Å². The zero-order valence-corrected chi connectivity index (χ0v) is 10.9. The maximum atomic E-state index is 5.70. The van der Waals surface area contributed by atoms with Crippen molar-refractivity contribution >= 4 is 0 Å². The summed E-state index contributed by atoms with van der Waals surface area (Å²) in [6.07, 6.45) is 3.92. The van der Waals surface area contributed by atoms with E-state index in [2.05, 4.69) is 43.4 Å². The Morgan fingerprint density at radius 1 is 1.35 bits per heavy atom. The maximum Gasteiger partial charge on any atom is 0.0726 e. The molecule has 1 N–H and O–H groups in total. The van der Waals surface area contributed by atoms with Crippen molar-refractivity contribution in [3.63, 3.8) is 0 Å². The molecule has 2 atom stereocenters. The number of nitrogens with one attached hydrogen (secondary N) is 1. The molecular formula is C15H23NO. The first-order valence-corrected chi connectivity index (χ1v) is 6.73. The molecule has 1 aromatic carbocycles. The fraction of sp³-hybridized carbons (Fsp3) is 0.600. The van der Waals surface area contributed by atoms with Crippen molar-refractivity contribution in [2.45, 2.75) is 51.8 Å². The van der Waals surface area contributed by atoms with Crippen LogP contribution in [0.3, 0.4) is 0 Å². The van der Waals surface area contributed by atoms with Gasteiger partial charge in [-0.3, -0.25) is 0 Å². The van der Waals surface area contributed by atoms with Gasteiger partial charge in [0.15, 0.2) is 0 Å². The zero-order chi connectivity index (χ0) is 12.1. The topological polar surface area (TPSA) is 21.3 Å². The van der Waals surface area contributed by atoms with Gasteiger partial charge in [0, 0.05) is 19.2 Å². The van der Waals surface area contributed by atoms with E-state index in [1.54, 1.807) is 0 Å². The van der Waals surface area contributed by atoms with Gasteiger partial charge in [0.05, 0.1) is 6.10 Å². The molecule has 17 heavy (non-hydrogen) atoms. The quantitative estimate of drug-likeness (QED) is 0.844. The normalized spacial score (nSPS) is 21.6. The highest BCUT2D eigenvalue weighted by atomic mass is 16.5. The third-order valence-electron chi connectivity index (χ3n) is 3.64. The Morgan fingerprint density at radius 2 is 2.12 bits per heavy atom. The Morgan fingerprint density at radius 3 is 2.76 bits per heavy atom. The van der Waals surface area contributed by atoms with Crippen LogP contribution < -0.4 is 5.32 Å². The van der Waals surface area contributed by atoms with E-state index >= 15 is 0 Å². The molecule has 0 bridgehead atoms. The van der Waals surface area contributed by atoms with Gasteiger partial charge in [-0.1, -0.05) is 31.2 Å². The first-order chi connectivity index (χ1) is 8.31. The van der Waals surface area contributed by atoms with Crippen LogP contribution in [0.4, 0.5) is 0 Å². The molecule has 1 aliphatic heterocycles. The van der Waals surface area contributed by atoms with Gasteiger partial charge in [-0.05, 0) is 37.3 Å². The van der Waals surface area contributed by atoms with Crippen LogP contribution in [0.2, 0.25) is 0 Å². The van der Waals surface area contributed by atoms with Gasteiger partial charge in [0.1, 0.15) is 0 Å². The van der Waals surface area contributed by atoms with E-state index in [1.807, 2.05) is 0 Å². The lowest BCUT2D eigenvalue weighted by Crippen LogP contribution is -2.36. The van der Waals surface area contributed by atoms with Gasteiger partial charge in [-0.2, -0.15) is 0 Å². The molecule has 1 aromatic rings. The molecule has 2 heteroatoms. The van der Waals surface area contributed by atoms with Crippen molar-refractivity contribution in [3.8, 4) is 0 Å². The molecule has 0 amide bonds. The minimum Gasteiger partial charge on any atom is -0.377 e. The van der Waals surface area contributed by atoms with Crippen LogP contribution in [-0.2, 0) is 17.7 Å². The fourth-order valence-corrected chi connectivity index (χ4v) is 2.47. The predicted molar refractivity (Wildman–Crippen MR) is 71.1 cm³/mol. The molecule has 0 spiro atoms. The molecule has 2 rings (SSSR count). The lowest BCUT2D eigenvalue weighted by molar-refractivity contribution is 0.0832. The molecule has 0 radical (unpaired) electrons.